The fourth-order valence-corrected chi connectivity index (χ4v) is 3.76. The number of anilines is 1. The predicted molar refractivity (Wildman–Crippen MR) is 108 cm³/mol. The van der Waals surface area contributed by atoms with E-state index in [9.17, 15) is 14.0 Å². The van der Waals surface area contributed by atoms with Crippen LogP contribution in [0.4, 0.5) is 14.9 Å². The Morgan fingerprint density at radius 3 is 2.79 bits per heavy atom. The number of aromatic nitrogens is 1. The SMILES string of the molecule is Cc1[nH]c(/C=C2\C(=O)Nc3ccc(F)cc32)c(C)c1OC(=O)NC1CCNCC1. The molecule has 4 rings (SSSR count). The minimum absolute atomic E-state index is 0.0958. The zero-order valence-electron chi connectivity index (χ0n) is 16.3. The van der Waals surface area contributed by atoms with Crippen LogP contribution in [-0.4, -0.2) is 36.1 Å². The van der Waals surface area contributed by atoms with Crippen molar-refractivity contribution in [3.8, 4) is 5.75 Å². The minimum atomic E-state index is -0.493. The van der Waals surface area contributed by atoms with Crippen molar-refractivity contribution < 1.29 is 18.7 Å². The van der Waals surface area contributed by atoms with Gasteiger partial charge in [0.1, 0.15) is 5.82 Å². The van der Waals surface area contributed by atoms with Gasteiger partial charge in [0, 0.05) is 28.6 Å². The maximum Gasteiger partial charge on any atom is 0.412 e. The summed E-state index contributed by atoms with van der Waals surface area (Å²) in [5.74, 6) is -0.284. The minimum Gasteiger partial charge on any atom is -0.408 e. The third kappa shape index (κ3) is 3.88. The third-order valence-corrected chi connectivity index (χ3v) is 5.32. The molecule has 152 valence electrons. The number of rotatable bonds is 3. The summed E-state index contributed by atoms with van der Waals surface area (Å²) < 4.78 is 19.2. The first-order chi connectivity index (χ1) is 13.9. The number of hydrogen-bond acceptors (Lipinski definition) is 4. The number of H-pyrrole nitrogens is 1. The van der Waals surface area contributed by atoms with Gasteiger partial charge in [-0.15, -0.1) is 0 Å². The lowest BCUT2D eigenvalue weighted by atomic mass is 10.0. The first-order valence-electron chi connectivity index (χ1n) is 9.63. The van der Waals surface area contributed by atoms with Gasteiger partial charge >= 0.3 is 6.09 Å². The summed E-state index contributed by atoms with van der Waals surface area (Å²) >= 11 is 0. The number of hydrogen-bond donors (Lipinski definition) is 4. The van der Waals surface area contributed by atoms with E-state index in [0.717, 1.165) is 25.9 Å². The maximum atomic E-state index is 13.6. The Balaban J connectivity index is 1.56. The predicted octanol–water partition coefficient (Wildman–Crippen LogP) is 3.10. The van der Waals surface area contributed by atoms with E-state index < -0.39 is 11.9 Å². The van der Waals surface area contributed by atoms with Crippen LogP contribution in [0.2, 0.25) is 0 Å². The molecule has 0 saturated carbocycles. The topological polar surface area (TPSA) is 95.2 Å². The summed E-state index contributed by atoms with van der Waals surface area (Å²) in [7, 11) is 0. The van der Waals surface area contributed by atoms with Gasteiger partial charge in [0.2, 0.25) is 0 Å². The van der Waals surface area contributed by atoms with Crippen molar-refractivity contribution in [3.63, 3.8) is 0 Å². The van der Waals surface area contributed by atoms with Crippen LogP contribution in [0, 0.1) is 19.7 Å². The van der Waals surface area contributed by atoms with Crippen LogP contribution >= 0.6 is 0 Å². The van der Waals surface area contributed by atoms with Gasteiger partial charge in [-0.05, 0) is 64.1 Å². The number of aromatic amines is 1. The molecule has 7 nitrogen and oxygen atoms in total. The average Bonchev–Trinajstić information content (AvgIpc) is 3.13. The zero-order valence-corrected chi connectivity index (χ0v) is 16.3. The van der Waals surface area contributed by atoms with Crippen molar-refractivity contribution in [2.75, 3.05) is 18.4 Å². The smallest absolute Gasteiger partial charge is 0.408 e. The van der Waals surface area contributed by atoms with Crippen molar-refractivity contribution in [2.45, 2.75) is 32.7 Å². The van der Waals surface area contributed by atoms with Gasteiger partial charge in [0.05, 0.1) is 11.3 Å². The van der Waals surface area contributed by atoms with Crippen LogP contribution in [0.3, 0.4) is 0 Å². The molecule has 1 aromatic heterocycles. The van der Waals surface area contributed by atoms with Crippen molar-refractivity contribution in [2.24, 2.45) is 0 Å². The first-order valence-corrected chi connectivity index (χ1v) is 9.63. The van der Waals surface area contributed by atoms with Gasteiger partial charge in [-0.25, -0.2) is 9.18 Å². The van der Waals surface area contributed by atoms with Gasteiger partial charge < -0.3 is 25.7 Å². The van der Waals surface area contributed by atoms with Crippen LogP contribution in [0.5, 0.6) is 5.75 Å². The average molecular weight is 398 g/mol. The van der Waals surface area contributed by atoms with Gasteiger partial charge in [-0.1, -0.05) is 0 Å². The van der Waals surface area contributed by atoms with Gasteiger partial charge in [0.15, 0.2) is 5.75 Å². The Kier molecular flexibility index (Phi) is 5.10. The lowest BCUT2D eigenvalue weighted by molar-refractivity contribution is -0.110. The highest BCUT2D eigenvalue weighted by atomic mass is 19.1. The Bertz CT molecular complexity index is 1010. The van der Waals surface area contributed by atoms with Crippen LogP contribution in [0.15, 0.2) is 18.2 Å². The molecule has 1 fully saturated rings. The molecule has 2 aromatic rings. The number of carbonyl (C=O) groups excluding carboxylic acids is 2. The second-order valence-corrected chi connectivity index (χ2v) is 7.38. The van der Waals surface area contributed by atoms with E-state index in [4.69, 9.17) is 4.74 Å². The van der Waals surface area contributed by atoms with Crippen LogP contribution in [0.25, 0.3) is 11.6 Å². The molecule has 1 aromatic carbocycles. The maximum absolute atomic E-state index is 13.6. The van der Waals surface area contributed by atoms with Crippen LogP contribution in [0.1, 0.15) is 35.4 Å². The van der Waals surface area contributed by atoms with Gasteiger partial charge in [-0.2, -0.15) is 0 Å². The van der Waals surface area contributed by atoms with Gasteiger partial charge in [0.25, 0.3) is 5.91 Å². The van der Waals surface area contributed by atoms with E-state index in [-0.39, 0.29) is 11.9 Å². The Morgan fingerprint density at radius 1 is 1.28 bits per heavy atom. The highest BCUT2D eigenvalue weighted by Crippen LogP contribution is 2.35. The number of carbonyl (C=O) groups is 2. The summed E-state index contributed by atoms with van der Waals surface area (Å²) in [4.78, 5) is 27.8. The molecule has 1 saturated heterocycles. The van der Waals surface area contributed by atoms with E-state index in [1.165, 1.54) is 18.2 Å². The number of nitrogens with one attached hydrogen (secondary N) is 4. The highest BCUT2D eigenvalue weighted by molar-refractivity contribution is 6.34. The molecule has 8 heteroatoms. The number of fused-ring (bicyclic) bond motifs is 1. The van der Waals surface area contributed by atoms with E-state index in [1.807, 2.05) is 6.92 Å². The summed E-state index contributed by atoms with van der Waals surface area (Å²) in [6.45, 7) is 5.34. The molecule has 0 spiro atoms. The van der Waals surface area contributed by atoms with E-state index >= 15 is 0 Å². The molecule has 0 bridgehead atoms. The number of aryl methyl sites for hydroxylation is 1. The largest absolute Gasteiger partial charge is 0.412 e. The Morgan fingerprint density at radius 2 is 2.03 bits per heavy atom. The molecule has 2 aliphatic rings. The quantitative estimate of drug-likeness (QED) is 0.598. The number of benzene rings is 1. The van der Waals surface area contributed by atoms with Crippen molar-refractivity contribution >= 4 is 29.3 Å². The van der Waals surface area contributed by atoms with E-state index in [2.05, 4.69) is 20.9 Å². The number of piperidine rings is 1. The van der Waals surface area contributed by atoms with Crippen LogP contribution < -0.4 is 20.7 Å². The third-order valence-electron chi connectivity index (χ3n) is 5.32. The summed E-state index contributed by atoms with van der Waals surface area (Å²) in [5.41, 5.74) is 3.44. The molecule has 0 atom stereocenters. The van der Waals surface area contributed by atoms with Crippen molar-refractivity contribution in [1.29, 1.82) is 0 Å². The number of halogens is 1. The van der Waals surface area contributed by atoms with E-state index in [0.29, 0.717) is 39.5 Å². The Labute approximate surface area is 167 Å². The zero-order chi connectivity index (χ0) is 20.5. The lowest BCUT2D eigenvalue weighted by Gasteiger charge is -2.23. The fourth-order valence-electron chi connectivity index (χ4n) is 3.76. The highest BCUT2D eigenvalue weighted by Gasteiger charge is 2.26. The number of ether oxygens (including phenoxy) is 1. The summed E-state index contributed by atoms with van der Waals surface area (Å²) in [5, 5.41) is 8.87. The second-order valence-electron chi connectivity index (χ2n) is 7.38. The van der Waals surface area contributed by atoms with Crippen molar-refractivity contribution in [1.82, 2.24) is 15.6 Å². The molecule has 0 aliphatic carbocycles. The first kappa shape index (κ1) is 19.2. The fraction of sp³-hybridized carbons (Fsp3) is 0.333. The standard InChI is InChI=1S/C21H23FN4O3/c1-11-18(10-16-15-9-13(22)3-4-17(15)26-20(16)27)24-12(2)19(11)29-21(28)25-14-5-7-23-8-6-14/h3-4,9-10,14,23-24H,5-8H2,1-2H3,(H,25,28)(H,26,27)/b16-10-. The number of amides is 2. The molecule has 0 radical (unpaired) electrons. The molecular formula is C21H23FN4O3. The summed E-state index contributed by atoms with van der Waals surface area (Å²) in [6, 6.07) is 4.27. The second kappa shape index (κ2) is 7.71. The summed E-state index contributed by atoms with van der Waals surface area (Å²) in [6.07, 6.45) is 2.89. The van der Waals surface area contributed by atoms with Crippen LogP contribution in [-0.2, 0) is 4.79 Å². The van der Waals surface area contributed by atoms with Gasteiger partial charge in [-0.3, -0.25) is 4.79 Å². The molecule has 29 heavy (non-hydrogen) atoms. The molecule has 3 heterocycles. The lowest BCUT2D eigenvalue weighted by Crippen LogP contribution is -2.43. The molecule has 0 unspecified atom stereocenters. The normalized spacial score (nSPS) is 17.9. The molecule has 4 N–H and O–H groups in total. The molecule has 2 amide bonds. The molecule has 2 aliphatic heterocycles. The van der Waals surface area contributed by atoms with Crippen molar-refractivity contribution in [3.05, 3.63) is 46.5 Å². The monoisotopic (exact) mass is 398 g/mol. The molecular weight excluding hydrogens is 375 g/mol. The van der Waals surface area contributed by atoms with E-state index in [1.54, 1.807) is 13.0 Å². The Hall–Kier alpha value is -3.13.